The third kappa shape index (κ3) is 75.3. The fraction of sp³-hybridized carbons (Fsp3) is 0.855. The van der Waals surface area contributed by atoms with E-state index in [1.807, 2.05) is 0 Å². The Morgan fingerprint density at radius 1 is 0.275 bits per heavy atom. The molecule has 0 bridgehead atoms. The van der Waals surface area contributed by atoms with Crippen LogP contribution in [0.4, 0.5) is 0 Å². The van der Waals surface area contributed by atoms with Gasteiger partial charge in [0.25, 0.3) is 0 Å². The largest absolute Gasteiger partial charge is 0.472 e. The predicted molar refractivity (Wildman–Crippen MR) is 418 cm³/mol. The molecule has 3 N–H and O–H groups in total. The number of allylic oxidation sites excluding steroid dienone is 8. The molecule has 0 aliphatic carbocycles. The van der Waals surface area contributed by atoms with Crippen LogP contribution in [0.3, 0.4) is 0 Å². The molecule has 0 saturated carbocycles. The number of phosphoric acid groups is 2. The zero-order valence-corrected chi connectivity index (χ0v) is 67.3. The zero-order chi connectivity index (χ0) is 74.6. The zero-order valence-electron chi connectivity index (χ0n) is 65.6. The Morgan fingerprint density at radius 2 is 0.480 bits per heavy atom. The van der Waals surface area contributed by atoms with Crippen LogP contribution in [0.25, 0.3) is 0 Å². The molecule has 102 heavy (non-hydrogen) atoms. The van der Waals surface area contributed by atoms with Crippen LogP contribution in [0.5, 0.6) is 0 Å². The summed E-state index contributed by atoms with van der Waals surface area (Å²) in [5.74, 6) is -2.16. The smallest absolute Gasteiger partial charge is 0.462 e. The van der Waals surface area contributed by atoms with Crippen LogP contribution in [0, 0.1) is 0 Å². The Kier molecular flexibility index (Phi) is 74.0. The number of hydrogen-bond donors (Lipinski definition) is 3. The highest BCUT2D eigenvalue weighted by atomic mass is 31.2. The second-order valence-corrected chi connectivity index (χ2v) is 31.3. The average Bonchev–Trinajstić information content (AvgIpc) is 0.922. The first-order valence-corrected chi connectivity index (χ1v) is 44.9. The predicted octanol–water partition coefficient (Wildman–Crippen LogP) is 24.5. The number of aliphatic hydroxyl groups excluding tert-OH is 1. The normalized spacial score (nSPS) is 14.1. The molecule has 598 valence electrons. The molecule has 17 nitrogen and oxygen atoms in total. The maximum absolute atomic E-state index is 13.1. The first kappa shape index (κ1) is 99.0. The van der Waals surface area contributed by atoms with Gasteiger partial charge in [0.1, 0.15) is 19.3 Å². The lowest BCUT2D eigenvalue weighted by atomic mass is 10.0. The molecule has 0 aliphatic rings. The lowest BCUT2D eigenvalue weighted by Gasteiger charge is -2.21. The number of carbonyl (C=O) groups excluding carboxylic acids is 4. The summed E-state index contributed by atoms with van der Waals surface area (Å²) in [5, 5.41) is 10.7. The second-order valence-electron chi connectivity index (χ2n) is 28.4. The topological polar surface area (TPSA) is 237 Å². The number of rotatable bonds is 80. The van der Waals surface area contributed by atoms with E-state index in [0.29, 0.717) is 25.7 Å². The van der Waals surface area contributed by atoms with Gasteiger partial charge >= 0.3 is 39.5 Å². The fourth-order valence-corrected chi connectivity index (χ4v) is 13.5. The summed E-state index contributed by atoms with van der Waals surface area (Å²) in [7, 11) is -9.95. The van der Waals surface area contributed by atoms with Gasteiger partial charge in [-0.25, -0.2) is 9.13 Å². The number of aliphatic hydroxyl groups is 1. The van der Waals surface area contributed by atoms with Crippen molar-refractivity contribution in [1.82, 2.24) is 0 Å². The van der Waals surface area contributed by atoms with E-state index in [1.165, 1.54) is 186 Å². The average molecular weight is 1490 g/mol. The molecule has 2 unspecified atom stereocenters. The van der Waals surface area contributed by atoms with Gasteiger partial charge in [0.05, 0.1) is 26.4 Å². The molecule has 0 aromatic carbocycles. The minimum Gasteiger partial charge on any atom is -0.462 e. The molecule has 0 aromatic rings. The lowest BCUT2D eigenvalue weighted by Crippen LogP contribution is -2.30. The van der Waals surface area contributed by atoms with E-state index in [-0.39, 0.29) is 25.7 Å². The van der Waals surface area contributed by atoms with E-state index in [0.717, 1.165) is 135 Å². The summed E-state index contributed by atoms with van der Waals surface area (Å²) in [5.41, 5.74) is 0. The van der Waals surface area contributed by atoms with E-state index in [4.69, 9.17) is 37.0 Å². The first-order valence-electron chi connectivity index (χ1n) is 41.9. The SMILES string of the molecule is CCCCC/C=C\C/C=C\CCCCCCCC(=O)OC[C@H](COP(=O)(O)OC[C@H](O)COP(=O)(O)OC[C@@H](COC(=O)CCCCCCCCCCCCCCCCC)OC(=O)CCCCCCCCCCCCCCCCCCC)OC(=O)CCCCCCC/C=C\C/C=C\CCCCC. The molecular weight excluding hydrogens is 1330 g/mol. The minimum absolute atomic E-state index is 0.0807. The Hall–Kier alpha value is -2.98. The van der Waals surface area contributed by atoms with Gasteiger partial charge in [0.15, 0.2) is 12.2 Å². The minimum atomic E-state index is -4.98. The van der Waals surface area contributed by atoms with Gasteiger partial charge in [0.2, 0.25) is 0 Å². The standard InChI is InChI=1S/C83H154O17P2/c1-5-9-13-17-21-25-29-33-37-38-42-46-50-54-58-62-66-70-83(88)100-79(74-94-81(86)68-64-60-56-52-48-44-40-35-31-27-23-19-15-11-7-3)76-98-102(91,92)96-72-77(84)71-95-101(89,90)97-75-78(99-82(87)69-65-61-57-53-49-45-41-36-32-28-24-20-16-12-8-4)73-93-80(85)67-63-59-55-51-47-43-39-34-30-26-22-18-14-10-6-2/h22,24,26,28,34,36,39,41,77-79,84H,5-21,23,25,27,29-33,35,37-38,40,42-76H2,1-4H3,(H,89,90)(H,91,92)/b26-22-,28-24-,39-34-,41-36-/t77-,78+,79+/m0/s1. The quantitative estimate of drug-likeness (QED) is 0.0169. The summed E-state index contributed by atoms with van der Waals surface area (Å²) < 4.78 is 68.7. The molecule has 19 heteroatoms. The van der Waals surface area contributed by atoms with Crippen LogP contribution in [-0.4, -0.2) is 96.7 Å². The van der Waals surface area contributed by atoms with E-state index >= 15 is 0 Å². The van der Waals surface area contributed by atoms with Crippen molar-refractivity contribution < 1.29 is 80.2 Å². The third-order valence-corrected chi connectivity index (χ3v) is 20.2. The Bertz CT molecular complexity index is 2120. The molecule has 0 spiro atoms. The summed E-state index contributed by atoms with van der Waals surface area (Å²) in [6.07, 6.45) is 75.0. The van der Waals surface area contributed by atoms with Crippen molar-refractivity contribution in [2.24, 2.45) is 0 Å². The van der Waals surface area contributed by atoms with Crippen molar-refractivity contribution in [3.63, 3.8) is 0 Å². The maximum atomic E-state index is 13.1. The molecule has 5 atom stereocenters. The molecule has 0 amide bonds. The van der Waals surface area contributed by atoms with Crippen molar-refractivity contribution in [3.05, 3.63) is 48.6 Å². The molecule has 0 aromatic heterocycles. The summed E-state index contributed by atoms with van der Waals surface area (Å²) in [6.45, 7) is 4.90. The second kappa shape index (κ2) is 76.2. The van der Waals surface area contributed by atoms with Crippen LogP contribution >= 0.6 is 15.6 Å². The Morgan fingerprint density at radius 3 is 0.745 bits per heavy atom. The van der Waals surface area contributed by atoms with Crippen molar-refractivity contribution in [2.45, 2.75) is 418 Å². The van der Waals surface area contributed by atoms with E-state index in [1.54, 1.807) is 0 Å². The van der Waals surface area contributed by atoms with Crippen LogP contribution in [0.1, 0.15) is 400 Å². The van der Waals surface area contributed by atoms with Crippen LogP contribution < -0.4 is 0 Å². The molecule has 0 rings (SSSR count). The lowest BCUT2D eigenvalue weighted by molar-refractivity contribution is -0.161. The highest BCUT2D eigenvalue weighted by molar-refractivity contribution is 7.47. The van der Waals surface area contributed by atoms with Gasteiger partial charge in [0, 0.05) is 25.7 Å². The highest BCUT2D eigenvalue weighted by Crippen LogP contribution is 2.45. The number of ether oxygens (including phenoxy) is 4. The number of carbonyl (C=O) groups is 4. The van der Waals surface area contributed by atoms with Crippen molar-refractivity contribution in [2.75, 3.05) is 39.6 Å². The summed E-state index contributed by atoms with van der Waals surface area (Å²) >= 11 is 0. The number of unbranched alkanes of at least 4 members (excludes halogenated alkanes) is 46. The Labute approximate surface area is 623 Å². The number of esters is 4. The Balaban J connectivity index is 5.33. The fourth-order valence-electron chi connectivity index (χ4n) is 11.9. The number of hydrogen-bond acceptors (Lipinski definition) is 15. The van der Waals surface area contributed by atoms with Gasteiger partial charge in [-0.3, -0.25) is 37.3 Å². The van der Waals surface area contributed by atoms with Crippen molar-refractivity contribution in [3.8, 4) is 0 Å². The van der Waals surface area contributed by atoms with E-state index in [9.17, 15) is 43.2 Å². The highest BCUT2D eigenvalue weighted by Gasteiger charge is 2.30. The molecule has 0 heterocycles. The maximum Gasteiger partial charge on any atom is 0.472 e. The molecule has 0 radical (unpaired) electrons. The summed E-state index contributed by atoms with van der Waals surface area (Å²) in [4.78, 5) is 73.1. The number of phosphoric ester groups is 2. The van der Waals surface area contributed by atoms with Gasteiger partial charge in [-0.1, -0.05) is 333 Å². The van der Waals surface area contributed by atoms with Gasteiger partial charge in [-0.15, -0.1) is 0 Å². The third-order valence-electron chi connectivity index (χ3n) is 18.3. The van der Waals surface area contributed by atoms with Crippen molar-refractivity contribution in [1.29, 1.82) is 0 Å². The van der Waals surface area contributed by atoms with Crippen LogP contribution in [0.2, 0.25) is 0 Å². The monoisotopic (exact) mass is 1490 g/mol. The van der Waals surface area contributed by atoms with Gasteiger partial charge in [-0.05, 0) is 89.9 Å². The van der Waals surface area contributed by atoms with E-state index < -0.39 is 97.5 Å². The van der Waals surface area contributed by atoms with Gasteiger partial charge < -0.3 is 33.8 Å². The van der Waals surface area contributed by atoms with Crippen LogP contribution in [-0.2, 0) is 65.4 Å². The molecular formula is C83H154O17P2. The van der Waals surface area contributed by atoms with Crippen molar-refractivity contribution >= 4 is 39.5 Å². The molecule has 0 saturated heterocycles. The molecule has 0 fully saturated rings. The summed E-state index contributed by atoms with van der Waals surface area (Å²) in [6, 6.07) is 0. The molecule has 0 aliphatic heterocycles. The first-order chi connectivity index (χ1) is 49.7. The van der Waals surface area contributed by atoms with Crippen LogP contribution in [0.15, 0.2) is 48.6 Å². The van der Waals surface area contributed by atoms with E-state index in [2.05, 4.69) is 76.3 Å². The van der Waals surface area contributed by atoms with Gasteiger partial charge in [-0.2, -0.15) is 0 Å².